The summed E-state index contributed by atoms with van der Waals surface area (Å²) >= 11 is 1.98. The van der Waals surface area contributed by atoms with Crippen LogP contribution in [0.15, 0.2) is 4.99 Å². The molecule has 106 valence electrons. The third-order valence-electron chi connectivity index (χ3n) is 3.18. The van der Waals surface area contributed by atoms with Gasteiger partial charge in [-0.25, -0.2) is 0 Å². The van der Waals surface area contributed by atoms with E-state index >= 15 is 0 Å². The van der Waals surface area contributed by atoms with Crippen LogP contribution >= 0.6 is 11.8 Å². The molecule has 5 heteroatoms. The second kappa shape index (κ2) is 9.50. The number of thioether (sulfide) groups is 1. The Hall–Kier alpha value is -0.420. The van der Waals surface area contributed by atoms with Gasteiger partial charge in [-0.15, -0.1) is 0 Å². The molecule has 0 aliphatic heterocycles. The highest BCUT2D eigenvalue weighted by molar-refractivity contribution is 7.99. The molecule has 1 fully saturated rings. The molecule has 0 spiro atoms. The monoisotopic (exact) mass is 273 g/mol. The average Bonchev–Trinajstić information content (AvgIpc) is 2.82. The van der Waals surface area contributed by atoms with Crippen LogP contribution in [-0.2, 0) is 4.74 Å². The Morgan fingerprint density at radius 1 is 1.44 bits per heavy atom. The molecule has 1 rings (SSSR count). The van der Waals surface area contributed by atoms with Crippen LogP contribution < -0.4 is 10.6 Å². The summed E-state index contributed by atoms with van der Waals surface area (Å²) in [4.78, 5) is 4.57. The van der Waals surface area contributed by atoms with Crippen molar-refractivity contribution in [2.75, 3.05) is 33.1 Å². The van der Waals surface area contributed by atoms with Crippen molar-refractivity contribution in [3.8, 4) is 0 Å². The number of guanidine groups is 1. The van der Waals surface area contributed by atoms with Crippen molar-refractivity contribution in [3.05, 3.63) is 0 Å². The van der Waals surface area contributed by atoms with E-state index in [2.05, 4.69) is 28.8 Å². The third-order valence-corrected chi connectivity index (χ3v) is 4.27. The number of methoxy groups -OCH3 is 1. The van der Waals surface area contributed by atoms with E-state index < -0.39 is 0 Å². The molecule has 0 bridgehead atoms. The minimum absolute atomic E-state index is 0.586. The fraction of sp³-hybridized carbons (Fsp3) is 0.923. The highest BCUT2D eigenvalue weighted by Gasteiger charge is 2.24. The highest BCUT2D eigenvalue weighted by atomic mass is 32.2. The molecule has 0 heterocycles. The summed E-state index contributed by atoms with van der Waals surface area (Å²) in [6.07, 6.45) is 7.02. The van der Waals surface area contributed by atoms with Crippen LogP contribution in [0.1, 0.15) is 32.6 Å². The second-order valence-corrected chi connectivity index (χ2v) is 5.76. The molecule has 1 saturated carbocycles. The average molecular weight is 273 g/mol. The fourth-order valence-corrected chi connectivity index (χ4v) is 2.99. The van der Waals surface area contributed by atoms with Gasteiger partial charge in [0, 0.05) is 38.1 Å². The van der Waals surface area contributed by atoms with E-state index in [4.69, 9.17) is 4.74 Å². The van der Waals surface area contributed by atoms with E-state index in [1.807, 2.05) is 11.8 Å². The van der Waals surface area contributed by atoms with Crippen LogP contribution in [0.25, 0.3) is 0 Å². The van der Waals surface area contributed by atoms with Gasteiger partial charge in [0.2, 0.25) is 0 Å². The SMILES string of the molecule is CCNC(=NCCCOC)NC1CCC(SC)C1. The minimum atomic E-state index is 0.586. The molecular formula is C13H27N3OS. The minimum Gasteiger partial charge on any atom is -0.385 e. The topological polar surface area (TPSA) is 45.7 Å². The van der Waals surface area contributed by atoms with Crippen molar-refractivity contribution < 1.29 is 4.74 Å². The highest BCUT2D eigenvalue weighted by Crippen LogP contribution is 2.27. The quantitative estimate of drug-likeness (QED) is 0.422. The molecule has 18 heavy (non-hydrogen) atoms. The lowest BCUT2D eigenvalue weighted by atomic mass is 10.2. The Labute approximate surface area is 115 Å². The van der Waals surface area contributed by atoms with Crippen LogP contribution in [0, 0.1) is 0 Å². The lowest BCUT2D eigenvalue weighted by Crippen LogP contribution is -2.42. The number of nitrogens with one attached hydrogen (secondary N) is 2. The van der Waals surface area contributed by atoms with Gasteiger partial charge < -0.3 is 15.4 Å². The Balaban J connectivity index is 2.32. The van der Waals surface area contributed by atoms with Crippen molar-refractivity contribution in [3.63, 3.8) is 0 Å². The van der Waals surface area contributed by atoms with Crippen LogP contribution in [0.5, 0.6) is 0 Å². The number of hydrogen-bond acceptors (Lipinski definition) is 3. The predicted molar refractivity (Wildman–Crippen MR) is 80.5 cm³/mol. The van der Waals surface area contributed by atoms with E-state index in [0.29, 0.717) is 6.04 Å². The van der Waals surface area contributed by atoms with Gasteiger partial charge in [-0.05, 0) is 38.9 Å². The van der Waals surface area contributed by atoms with Gasteiger partial charge in [0.25, 0.3) is 0 Å². The first-order chi connectivity index (χ1) is 8.80. The van der Waals surface area contributed by atoms with Crippen molar-refractivity contribution in [1.82, 2.24) is 10.6 Å². The number of ether oxygens (including phenoxy) is 1. The van der Waals surface area contributed by atoms with Gasteiger partial charge in [0.05, 0.1) is 0 Å². The molecule has 0 amide bonds. The summed E-state index contributed by atoms with van der Waals surface area (Å²) in [7, 11) is 1.73. The maximum atomic E-state index is 5.03. The third kappa shape index (κ3) is 5.96. The molecule has 1 aliphatic carbocycles. The van der Waals surface area contributed by atoms with E-state index in [1.165, 1.54) is 19.3 Å². The first kappa shape index (κ1) is 15.6. The normalized spacial score (nSPS) is 24.3. The van der Waals surface area contributed by atoms with Crippen LogP contribution in [0.3, 0.4) is 0 Å². The smallest absolute Gasteiger partial charge is 0.191 e. The molecule has 0 aromatic heterocycles. The summed E-state index contributed by atoms with van der Waals surface area (Å²) in [5.41, 5.74) is 0. The lowest BCUT2D eigenvalue weighted by Gasteiger charge is -2.17. The fourth-order valence-electron chi connectivity index (χ4n) is 2.20. The van der Waals surface area contributed by atoms with Crippen molar-refractivity contribution in [1.29, 1.82) is 0 Å². The number of rotatable bonds is 7. The van der Waals surface area contributed by atoms with Gasteiger partial charge in [-0.1, -0.05) is 0 Å². The van der Waals surface area contributed by atoms with Crippen LogP contribution in [0.2, 0.25) is 0 Å². The largest absolute Gasteiger partial charge is 0.385 e. The number of aliphatic imine (C=N–C) groups is 1. The summed E-state index contributed by atoms with van der Waals surface area (Å²) in [5.74, 6) is 0.959. The van der Waals surface area contributed by atoms with E-state index in [9.17, 15) is 0 Å². The lowest BCUT2D eigenvalue weighted by molar-refractivity contribution is 0.197. The van der Waals surface area contributed by atoms with Gasteiger partial charge in [0.15, 0.2) is 5.96 Å². The Morgan fingerprint density at radius 2 is 2.28 bits per heavy atom. The maximum absolute atomic E-state index is 5.03. The maximum Gasteiger partial charge on any atom is 0.191 e. The molecule has 1 aliphatic rings. The van der Waals surface area contributed by atoms with Crippen molar-refractivity contribution in [2.45, 2.75) is 43.9 Å². The summed E-state index contributed by atoms with van der Waals surface area (Å²) in [6, 6.07) is 0.586. The van der Waals surface area contributed by atoms with Gasteiger partial charge in [0.1, 0.15) is 0 Å². The van der Waals surface area contributed by atoms with E-state index in [-0.39, 0.29) is 0 Å². The van der Waals surface area contributed by atoms with Crippen LogP contribution in [0.4, 0.5) is 0 Å². The van der Waals surface area contributed by atoms with Gasteiger partial charge >= 0.3 is 0 Å². The molecule has 2 atom stereocenters. The molecule has 0 saturated heterocycles. The number of hydrogen-bond donors (Lipinski definition) is 2. The molecule has 0 aromatic rings. The summed E-state index contributed by atoms with van der Waals surface area (Å²) < 4.78 is 5.03. The molecular weight excluding hydrogens is 246 g/mol. The molecule has 2 unspecified atom stereocenters. The Kier molecular flexibility index (Phi) is 8.25. The molecule has 2 N–H and O–H groups in total. The van der Waals surface area contributed by atoms with Crippen molar-refractivity contribution in [2.24, 2.45) is 4.99 Å². The van der Waals surface area contributed by atoms with Gasteiger partial charge in [-0.2, -0.15) is 11.8 Å². The van der Waals surface area contributed by atoms with Gasteiger partial charge in [-0.3, -0.25) is 4.99 Å². The standard InChI is InChI=1S/C13H27N3OS/c1-4-14-13(15-8-5-9-17-2)16-11-6-7-12(10-11)18-3/h11-12H,4-10H2,1-3H3,(H2,14,15,16). The zero-order valence-corrected chi connectivity index (χ0v) is 12.7. The zero-order chi connectivity index (χ0) is 13.2. The predicted octanol–water partition coefficient (Wildman–Crippen LogP) is 1.86. The zero-order valence-electron chi connectivity index (χ0n) is 11.9. The Bertz CT molecular complexity index is 248. The second-order valence-electron chi connectivity index (χ2n) is 4.62. The Morgan fingerprint density at radius 3 is 2.89 bits per heavy atom. The number of nitrogens with zero attached hydrogens (tertiary/aromatic N) is 1. The molecule has 0 radical (unpaired) electrons. The van der Waals surface area contributed by atoms with Crippen molar-refractivity contribution >= 4 is 17.7 Å². The molecule has 4 nitrogen and oxygen atoms in total. The first-order valence-electron chi connectivity index (χ1n) is 6.86. The van der Waals surface area contributed by atoms with E-state index in [1.54, 1.807) is 7.11 Å². The summed E-state index contributed by atoms with van der Waals surface area (Å²) in [5, 5.41) is 7.67. The van der Waals surface area contributed by atoms with E-state index in [0.717, 1.165) is 37.3 Å². The summed E-state index contributed by atoms with van der Waals surface area (Å²) in [6.45, 7) is 4.61. The van der Waals surface area contributed by atoms with Crippen LogP contribution in [-0.4, -0.2) is 50.3 Å². The molecule has 0 aromatic carbocycles. The first-order valence-corrected chi connectivity index (χ1v) is 8.15.